The molecule has 0 aliphatic carbocycles. The van der Waals surface area contributed by atoms with Gasteiger partial charge < -0.3 is 10.1 Å². The Balaban J connectivity index is 2.69. The van der Waals surface area contributed by atoms with Gasteiger partial charge in [-0.3, -0.25) is 0 Å². The molecule has 1 unspecified atom stereocenters. The third kappa shape index (κ3) is 5.24. The molecule has 0 bridgehead atoms. The number of ether oxygens (including phenoxy) is 1. The number of anilines is 1. The van der Waals surface area contributed by atoms with Gasteiger partial charge in [0.2, 0.25) is 5.82 Å². The van der Waals surface area contributed by atoms with Crippen LogP contribution in [0.1, 0.15) is 56.6 Å². The van der Waals surface area contributed by atoms with Crippen LogP contribution in [0.3, 0.4) is 0 Å². The van der Waals surface area contributed by atoms with Crippen molar-refractivity contribution in [2.45, 2.75) is 52.0 Å². The highest BCUT2D eigenvalue weighted by Gasteiger charge is 2.12. The Morgan fingerprint density at radius 2 is 2.16 bits per heavy atom. The lowest BCUT2D eigenvalue weighted by molar-refractivity contribution is 0.0587. The van der Waals surface area contributed by atoms with E-state index in [0.29, 0.717) is 11.9 Å². The van der Waals surface area contributed by atoms with Gasteiger partial charge in [0.1, 0.15) is 5.82 Å². The fourth-order valence-corrected chi connectivity index (χ4v) is 1.93. The first kappa shape index (κ1) is 15.4. The average molecular weight is 265 g/mol. The number of unbranched alkanes of at least 4 members (excludes halogenated alkanes) is 1. The monoisotopic (exact) mass is 265 g/mol. The van der Waals surface area contributed by atoms with Crippen molar-refractivity contribution < 1.29 is 9.53 Å². The molecule has 1 N–H and O–H groups in total. The highest BCUT2D eigenvalue weighted by atomic mass is 16.5. The lowest BCUT2D eigenvalue weighted by Crippen LogP contribution is -2.21. The third-order valence-electron chi connectivity index (χ3n) is 2.92. The van der Waals surface area contributed by atoms with Crippen molar-refractivity contribution in [1.82, 2.24) is 9.97 Å². The number of nitrogens with one attached hydrogen (secondary N) is 1. The minimum atomic E-state index is -0.510. The maximum Gasteiger partial charge on any atom is 0.376 e. The lowest BCUT2D eigenvalue weighted by atomic mass is 10.1. The molecule has 1 rings (SSSR count). The third-order valence-corrected chi connectivity index (χ3v) is 2.92. The average Bonchev–Trinajstić information content (AvgIpc) is 2.44. The van der Waals surface area contributed by atoms with Crippen LogP contribution in [0, 0.1) is 0 Å². The molecule has 5 nitrogen and oxygen atoms in total. The fourth-order valence-electron chi connectivity index (χ4n) is 1.93. The summed E-state index contributed by atoms with van der Waals surface area (Å²) in [4.78, 5) is 19.5. The summed E-state index contributed by atoms with van der Waals surface area (Å²) in [6.45, 7) is 4.35. The van der Waals surface area contributed by atoms with Gasteiger partial charge in [0.25, 0.3) is 0 Å². The molecule has 0 aromatic carbocycles. The maximum atomic E-state index is 11.4. The van der Waals surface area contributed by atoms with Crippen LogP contribution in [0.25, 0.3) is 0 Å². The van der Waals surface area contributed by atoms with Gasteiger partial charge in [-0.25, -0.2) is 14.8 Å². The van der Waals surface area contributed by atoms with E-state index >= 15 is 0 Å². The van der Waals surface area contributed by atoms with Gasteiger partial charge in [0.05, 0.1) is 7.11 Å². The van der Waals surface area contributed by atoms with Gasteiger partial charge in [0.15, 0.2) is 0 Å². The number of rotatable bonds is 8. The van der Waals surface area contributed by atoms with Crippen molar-refractivity contribution in [1.29, 1.82) is 0 Å². The number of nitrogens with zero attached hydrogens (tertiary/aromatic N) is 2. The first-order chi connectivity index (χ1) is 9.21. The fraction of sp³-hybridized carbons (Fsp3) is 0.643. The second-order valence-corrected chi connectivity index (χ2v) is 4.53. The molecule has 106 valence electrons. The van der Waals surface area contributed by atoms with Gasteiger partial charge in [-0.2, -0.15) is 0 Å². The van der Waals surface area contributed by atoms with Gasteiger partial charge in [-0.1, -0.05) is 33.1 Å². The number of carbonyl (C=O) groups excluding carboxylic acids is 1. The molecule has 19 heavy (non-hydrogen) atoms. The van der Waals surface area contributed by atoms with E-state index < -0.39 is 5.97 Å². The van der Waals surface area contributed by atoms with E-state index in [4.69, 9.17) is 0 Å². The van der Waals surface area contributed by atoms with Gasteiger partial charge in [-0.15, -0.1) is 0 Å². The second kappa shape index (κ2) is 8.45. The Labute approximate surface area is 114 Å². The van der Waals surface area contributed by atoms with Crippen molar-refractivity contribution >= 4 is 11.8 Å². The number of carbonyl (C=O) groups is 1. The molecule has 1 atom stereocenters. The smallest absolute Gasteiger partial charge is 0.376 e. The van der Waals surface area contributed by atoms with Gasteiger partial charge >= 0.3 is 5.97 Å². The van der Waals surface area contributed by atoms with Crippen LogP contribution in [0.4, 0.5) is 5.82 Å². The summed E-state index contributed by atoms with van der Waals surface area (Å²) in [5.41, 5.74) is 0. The molecule has 0 radical (unpaired) electrons. The van der Waals surface area contributed by atoms with E-state index in [-0.39, 0.29) is 5.82 Å². The maximum absolute atomic E-state index is 11.4. The highest BCUT2D eigenvalue weighted by Crippen LogP contribution is 2.13. The zero-order valence-electron chi connectivity index (χ0n) is 12.0. The van der Waals surface area contributed by atoms with Crippen molar-refractivity contribution in [3.63, 3.8) is 0 Å². The molecule has 1 aromatic rings. The zero-order chi connectivity index (χ0) is 14.1. The SMILES string of the molecule is CCCCC(CCC)Nc1ccnc(C(=O)OC)n1. The molecule has 0 aliphatic rings. The Bertz CT molecular complexity index is 396. The predicted molar refractivity (Wildman–Crippen MR) is 75.2 cm³/mol. The number of esters is 1. The van der Waals surface area contributed by atoms with Crippen LogP contribution in [0.5, 0.6) is 0 Å². The Morgan fingerprint density at radius 3 is 2.79 bits per heavy atom. The highest BCUT2D eigenvalue weighted by molar-refractivity contribution is 5.85. The standard InChI is InChI=1S/C14H23N3O2/c1-4-6-8-11(7-5-2)16-12-9-10-15-13(17-12)14(18)19-3/h9-11H,4-8H2,1-3H3,(H,15,16,17). The summed E-state index contributed by atoms with van der Waals surface area (Å²) >= 11 is 0. The summed E-state index contributed by atoms with van der Waals surface area (Å²) in [5.74, 6) is 0.271. The van der Waals surface area contributed by atoms with Crippen LogP contribution < -0.4 is 5.32 Å². The largest absolute Gasteiger partial charge is 0.463 e. The minimum absolute atomic E-state index is 0.0956. The molecule has 5 heteroatoms. The van der Waals surface area contributed by atoms with Crippen LogP contribution in [-0.2, 0) is 4.74 Å². The van der Waals surface area contributed by atoms with Crippen molar-refractivity contribution in [2.75, 3.05) is 12.4 Å². The molecule has 1 aromatic heterocycles. The first-order valence-corrected chi connectivity index (χ1v) is 6.89. The quantitative estimate of drug-likeness (QED) is 0.732. The van der Waals surface area contributed by atoms with E-state index in [1.807, 2.05) is 0 Å². The van der Waals surface area contributed by atoms with Gasteiger partial charge in [-0.05, 0) is 18.9 Å². The van der Waals surface area contributed by atoms with Crippen LogP contribution in [-0.4, -0.2) is 29.1 Å². The zero-order valence-corrected chi connectivity index (χ0v) is 12.0. The number of aromatic nitrogens is 2. The molecule has 0 spiro atoms. The number of hydrogen-bond donors (Lipinski definition) is 1. The topological polar surface area (TPSA) is 64.1 Å². The number of hydrogen-bond acceptors (Lipinski definition) is 5. The minimum Gasteiger partial charge on any atom is -0.463 e. The Hall–Kier alpha value is -1.65. The van der Waals surface area contributed by atoms with E-state index in [2.05, 4.69) is 33.9 Å². The Kier molecular flexibility index (Phi) is 6.85. The summed E-state index contributed by atoms with van der Waals surface area (Å²) < 4.78 is 4.62. The molecule has 0 fully saturated rings. The lowest BCUT2D eigenvalue weighted by Gasteiger charge is -2.18. The summed E-state index contributed by atoms with van der Waals surface area (Å²) in [6.07, 6.45) is 7.27. The van der Waals surface area contributed by atoms with Crippen LogP contribution >= 0.6 is 0 Å². The van der Waals surface area contributed by atoms with Crippen molar-refractivity contribution in [3.05, 3.63) is 18.1 Å². The molecule has 0 saturated carbocycles. The molecule has 0 saturated heterocycles. The van der Waals surface area contributed by atoms with Crippen molar-refractivity contribution in [3.8, 4) is 0 Å². The molecule has 1 heterocycles. The summed E-state index contributed by atoms with van der Waals surface area (Å²) in [6, 6.07) is 2.17. The second-order valence-electron chi connectivity index (χ2n) is 4.53. The number of methoxy groups -OCH3 is 1. The molecular weight excluding hydrogens is 242 g/mol. The molecule has 0 amide bonds. The van der Waals surface area contributed by atoms with E-state index in [0.717, 1.165) is 19.3 Å². The molecular formula is C14H23N3O2. The van der Waals surface area contributed by atoms with Crippen molar-refractivity contribution in [2.24, 2.45) is 0 Å². The first-order valence-electron chi connectivity index (χ1n) is 6.89. The molecule has 0 aliphatic heterocycles. The summed E-state index contributed by atoms with van der Waals surface area (Å²) in [5, 5.41) is 3.38. The summed E-state index contributed by atoms with van der Waals surface area (Å²) in [7, 11) is 1.33. The van der Waals surface area contributed by atoms with Gasteiger partial charge in [0, 0.05) is 12.2 Å². The normalized spacial score (nSPS) is 11.9. The van der Waals surface area contributed by atoms with E-state index in [9.17, 15) is 4.79 Å². The van der Waals surface area contributed by atoms with Crippen LogP contribution in [0.2, 0.25) is 0 Å². The van der Waals surface area contributed by atoms with E-state index in [1.165, 1.54) is 20.0 Å². The van der Waals surface area contributed by atoms with Crippen LogP contribution in [0.15, 0.2) is 12.3 Å². The predicted octanol–water partition coefficient (Wildman–Crippen LogP) is 3.03. The van der Waals surface area contributed by atoms with E-state index in [1.54, 1.807) is 12.3 Å². The Morgan fingerprint density at radius 1 is 1.37 bits per heavy atom.